The van der Waals surface area contributed by atoms with Crippen molar-refractivity contribution in [2.45, 2.75) is 24.3 Å². The second-order valence-electron chi connectivity index (χ2n) is 7.06. The van der Waals surface area contributed by atoms with Gasteiger partial charge in [0.05, 0.1) is 18.1 Å². The van der Waals surface area contributed by atoms with Crippen molar-refractivity contribution in [1.82, 2.24) is 9.97 Å². The molecule has 0 spiro atoms. The maximum atomic E-state index is 13.4. The van der Waals surface area contributed by atoms with E-state index in [1.807, 2.05) is 80.6 Å². The summed E-state index contributed by atoms with van der Waals surface area (Å²) in [6.07, 6.45) is 0. The molecule has 0 aliphatic rings. The predicted octanol–water partition coefficient (Wildman–Crippen LogP) is 5.90. The largest absolute Gasteiger partial charge is 0.497 e. The van der Waals surface area contributed by atoms with E-state index >= 15 is 0 Å². The van der Waals surface area contributed by atoms with Crippen molar-refractivity contribution in [2.24, 2.45) is 0 Å². The fraction of sp³-hybridized carbons (Fsp3) is 0.167. The predicted molar refractivity (Wildman–Crippen MR) is 118 cm³/mol. The van der Waals surface area contributed by atoms with Crippen molar-refractivity contribution in [1.29, 1.82) is 0 Å². The van der Waals surface area contributed by atoms with E-state index in [2.05, 4.69) is 9.97 Å². The Hall–Kier alpha value is -3.05. The number of methoxy groups -OCH3 is 1. The number of aryl methyl sites for hydroxylation is 2. The zero-order valence-electron chi connectivity index (χ0n) is 16.6. The van der Waals surface area contributed by atoms with Crippen LogP contribution in [0.5, 0.6) is 5.75 Å². The molecule has 3 aromatic carbocycles. The maximum absolute atomic E-state index is 13.4. The summed E-state index contributed by atoms with van der Waals surface area (Å²) >= 11 is 1.44. The van der Waals surface area contributed by atoms with Gasteiger partial charge in [-0.25, -0.2) is 4.98 Å². The van der Waals surface area contributed by atoms with Crippen LogP contribution in [-0.4, -0.2) is 22.9 Å². The Kier molecular flexibility index (Phi) is 5.41. The number of imidazole rings is 1. The fourth-order valence-corrected chi connectivity index (χ4v) is 4.22. The lowest BCUT2D eigenvalue weighted by Gasteiger charge is -2.15. The molecule has 1 atom stereocenters. The Labute approximate surface area is 174 Å². The highest BCUT2D eigenvalue weighted by Crippen LogP contribution is 2.37. The van der Waals surface area contributed by atoms with Crippen LogP contribution in [0.1, 0.15) is 32.3 Å². The summed E-state index contributed by atoms with van der Waals surface area (Å²) in [5.41, 5.74) is 5.69. The molecule has 0 fully saturated rings. The molecule has 146 valence electrons. The number of fused-ring (bicyclic) bond motifs is 1. The van der Waals surface area contributed by atoms with Crippen molar-refractivity contribution in [3.05, 3.63) is 89.0 Å². The minimum absolute atomic E-state index is 0.0666. The standard InChI is InChI=1S/C24H22N2O2S/c1-15-4-8-17(9-5-15)22(27)23(18-10-6-16(2)7-11-18)29-24-25-20-13-12-19(28-3)14-21(20)26-24/h4-14,23H,1-3H3,(H,25,26)/t23-/m0/s1. The van der Waals surface area contributed by atoms with Crippen LogP contribution in [0.2, 0.25) is 0 Å². The van der Waals surface area contributed by atoms with Crippen molar-refractivity contribution in [3.63, 3.8) is 0 Å². The number of hydrogen-bond donors (Lipinski definition) is 1. The minimum Gasteiger partial charge on any atom is -0.497 e. The van der Waals surface area contributed by atoms with Crippen LogP contribution >= 0.6 is 11.8 Å². The highest BCUT2D eigenvalue weighted by Gasteiger charge is 2.25. The number of hydrogen-bond acceptors (Lipinski definition) is 4. The summed E-state index contributed by atoms with van der Waals surface area (Å²) in [5, 5.41) is 0.319. The third-order valence-electron chi connectivity index (χ3n) is 4.85. The van der Waals surface area contributed by atoms with Gasteiger partial charge in [-0.3, -0.25) is 4.79 Å². The Morgan fingerprint density at radius 2 is 1.62 bits per heavy atom. The molecule has 0 bridgehead atoms. The smallest absolute Gasteiger partial charge is 0.180 e. The van der Waals surface area contributed by atoms with Crippen LogP contribution in [0.25, 0.3) is 11.0 Å². The summed E-state index contributed by atoms with van der Waals surface area (Å²) in [6.45, 7) is 4.06. The topological polar surface area (TPSA) is 55.0 Å². The molecule has 0 aliphatic carbocycles. The number of aromatic nitrogens is 2. The number of ketones is 1. The second-order valence-corrected chi connectivity index (χ2v) is 8.16. The van der Waals surface area contributed by atoms with E-state index in [0.717, 1.165) is 33.5 Å². The number of carbonyl (C=O) groups excluding carboxylic acids is 1. The van der Waals surface area contributed by atoms with E-state index in [0.29, 0.717) is 10.7 Å². The average Bonchev–Trinajstić information content (AvgIpc) is 3.14. The van der Waals surface area contributed by atoms with Crippen molar-refractivity contribution in [3.8, 4) is 5.75 Å². The summed E-state index contributed by atoms with van der Waals surface area (Å²) in [6, 6.07) is 21.5. The van der Waals surface area contributed by atoms with Gasteiger partial charge in [0, 0.05) is 11.6 Å². The Morgan fingerprint density at radius 1 is 0.966 bits per heavy atom. The molecular weight excluding hydrogens is 380 g/mol. The fourth-order valence-electron chi connectivity index (χ4n) is 3.14. The monoisotopic (exact) mass is 402 g/mol. The number of carbonyl (C=O) groups is 1. The van der Waals surface area contributed by atoms with Gasteiger partial charge in [-0.15, -0.1) is 0 Å². The molecule has 0 saturated carbocycles. The molecule has 4 nitrogen and oxygen atoms in total. The number of H-pyrrole nitrogens is 1. The normalized spacial score (nSPS) is 12.1. The highest BCUT2D eigenvalue weighted by molar-refractivity contribution is 8.00. The van der Waals surface area contributed by atoms with Crippen molar-refractivity contribution >= 4 is 28.6 Å². The number of thioether (sulfide) groups is 1. The summed E-state index contributed by atoms with van der Waals surface area (Å²) in [5.74, 6) is 0.834. The number of nitrogens with one attached hydrogen (secondary N) is 1. The summed E-state index contributed by atoms with van der Waals surface area (Å²) in [7, 11) is 1.64. The van der Waals surface area contributed by atoms with Crippen LogP contribution in [0.4, 0.5) is 0 Å². The number of ether oxygens (including phenoxy) is 1. The molecule has 0 aliphatic heterocycles. The molecule has 1 heterocycles. The lowest BCUT2D eigenvalue weighted by Crippen LogP contribution is -2.10. The molecule has 0 amide bonds. The summed E-state index contributed by atoms with van der Waals surface area (Å²) < 4.78 is 5.29. The van der Waals surface area contributed by atoms with Gasteiger partial charge in [0.15, 0.2) is 10.9 Å². The van der Waals surface area contributed by atoms with Crippen LogP contribution in [0, 0.1) is 13.8 Å². The van der Waals surface area contributed by atoms with E-state index in [-0.39, 0.29) is 11.0 Å². The first-order valence-corrected chi connectivity index (χ1v) is 10.3. The number of rotatable bonds is 6. The van der Waals surface area contributed by atoms with Gasteiger partial charge in [0.2, 0.25) is 0 Å². The summed E-state index contributed by atoms with van der Waals surface area (Å²) in [4.78, 5) is 21.4. The van der Waals surface area contributed by atoms with Gasteiger partial charge < -0.3 is 9.72 Å². The van der Waals surface area contributed by atoms with Crippen LogP contribution in [0.3, 0.4) is 0 Å². The van der Waals surface area contributed by atoms with Crippen molar-refractivity contribution in [2.75, 3.05) is 7.11 Å². The molecule has 4 aromatic rings. The zero-order valence-corrected chi connectivity index (χ0v) is 17.4. The van der Waals surface area contributed by atoms with Gasteiger partial charge in [0.1, 0.15) is 11.0 Å². The molecule has 5 heteroatoms. The Bertz CT molecular complexity index is 1150. The van der Waals surface area contributed by atoms with Gasteiger partial charge >= 0.3 is 0 Å². The van der Waals surface area contributed by atoms with E-state index in [9.17, 15) is 4.79 Å². The van der Waals surface area contributed by atoms with Gasteiger partial charge in [-0.1, -0.05) is 71.4 Å². The molecule has 1 N–H and O–H groups in total. The number of nitrogens with zero attached hydrogens (tertiary/aromatic N) is 1. The maximum Gasteiger partial charge on any atom is 0.180 e. The highest BCUT2D eigenvalue weighted by atomic mass is 32.2. The molecule has 29 heavy (non-hydrogen) atoms. The van der Waals surface area contributed by atoms with Crippen LogP contribution < -0.4 is 4.74 Å². The quantitative estimate of drug-likeness (QED) is 0.322. The van der Waals surface area contributed by atoms with E-state index < -0.39 is 0 Å². The lowest BCUT2D eigenvalue weighted by atomic mass is 10.0. The molecule has 0 unspecified atom stereocenters. The van der Waals surface area contributed by atoms with E-state index in [4.69, 9.17) is 4.74 Å². The minimum atomic E-state index is -0.388. The third kappa shape index (κ3) is 4.20. The second kappa shape index (κ2) is 8.13. The average molecular weight is 403 g/mol. The van der Waals surface area contributed by atoms with Gasteiger partial charge in [0.25, 0.3) is 0 Å². The first kappa shape index (κ1) is 19.3. The molecule has 0 saturated heterocycles. The molecule has 1 aromatic heterocycles. The Morgan fingerprint density at radius 3 is 2.28 bits per heavy atom. The Balaban J connectivity index is 1.71. The third-order valence-corrected chi connectivity index (χ3v) is 5.99. The van der Waals surface area contributed by atoms with Crippen LogP contribution in [0.15, 0.2) is 71.9 Å². The van der Waals surface area contributed by atoms with Crippen molar-refractivity contribution < 1.29 is 9.53 Å². The first-order chi connectivity index (χ1) is 14.0. The first-order valence-electron chi connectivity index (χ1n) is 9.41. The molecular formula is C24H22N2O2S. The molecule has 4 rings (SSSR count). The SMILES string of the molecule is COc1ccc2nc(S[C@H](C(=O)c3ccc(C)cc3)c3ccc(C)cc3)[nH]c2c1. The number of benzene rings is 3. The van der Waals surface area contributed by atoms with E-state index in [1.165, 1.54) is 11.8 Å². The zero-order chi connectivity index (χ0) is 20.4. The molecule has 0 radical (unpaired) electrons. The number of aromatic amines is 1. The van der Waals surface area contributed by atoms with Crippen LogP contribution in [-0.2, 0) is 0 Å². The van der Waals surface area contributed by atoms with Gasteiger partial charge in [-0.05, 0) is 31.5 Å². The lowest BCUT2D eigenvalue weighted by molar-refractivity contribution is 0.0989. The van der Waals surface area contributed by atoms with E-state index in [1.54, 1.807) is 7.11 Å². The number of Topliss-reactive ketones (excluding diaryl/α,β-unsaturated/α-hetero) is 1. The van der Waals surface area contributed by atoms with Gasteiger partial charge in [-0.2, -0.15) is 0 Å².